The Bertz CT molecular complexity index is 366. The molecule has 0 aliphatic heterocycles. The minimum Gasteiger partial charge on any atom is -0.326 e. The Morgan fingerprint density at radius 2 is 1.87 bits per heavy atom. The van der Waals surface area contributed by atoms with Crippen molar-refractivity contribution in [1.29, 1.82) is 0 Å². The van der Waals surface area contributed by atoms with Crippen LogP contribution in [0.3, 0.4) is 0 Å². The Balaban J connectivity index is 2.14. The van der Waals surface area contributed by atoms with Crippen LogP contribution in [0.15, 0.2) is 24.3 Å². The van der Waals surface area contributed by atoms with E-state index in [2.05, 4.69) is 22.8 Å². The van der Waals surface area contributed by atoms with Gasteiger partial charge in [0.15, 0.2) is 0 Å². The minimum absolute atomic E-state index is 0.0301. The summed E-state index contributed by atoms with van der Waals surface area (Å²) in [6.07, 6.45) is 2.39. The monoisotopic (exact) mass is 204 g/mol. The predicted octanol–water partition coefficient (Wildman–Crippen LogP) is 1.85. The summed E-state index contributed by atoms with van der Waals surface area (Å²) in [7, 11) is 1.99. The Labute approximate surface area is 89.9 Å². The van der Waals surface area contributed by atoms with Crippen LogP contribution >= 0.6 is 0 Å². The smallest absolute Gasteiger partial charge is 0.221 e. The summed E-state index contributed by atoms with van der Waals surface area (Å²) in [5.41, 5.74) is 2.37. The summed E-state index contributed by atoms with van der Waals surface area (Å²) < 4.78 is 0. The third kappa shape index (κ3) is 2.02. The lowest BCUT2D eigenvalue weighted by molar-refractivity contribution is -0.114. The van der Waals surface area contributed by atoms with Gasteiger partial charge in [0.05, 0.1) is 0 Å². The Kier molecular flexibility index (Phi) is 2.49. The van der Waals surface area contributed by atoms with Crippen LogP contribution < -0.4 is 10.6 Å². The lowest BCUT2D eigenvalue weighted by Gasteiger charge is -2.14. The molecule has 0 heterocycles. The van der Waals surface area contributed by atoms with Crippen molar-refractivity contribution in [2.45, 2.75) is 25.3 Å². The van der Waals surface area contributed by atoms with Crippen LogP contribution in [0.25, 0.3) is 0 Å². The van der Waals surface area contributed by atoms with Crippen LogP contribution in [0.5, 0.6) is 0 Å². The van der Waals surface area contributed by atoms with E-state index < -0.39 is 0 Å². The summed E-state index contributed by atoms with van der Waals surface area (Å²) in [6, 6.07) is 8.06. The number of anilines is 1. The number of rotatable bonds is 3. The molecule has 0 atom stereocenters. The second-order valence-electron chi connectivity index (χ2n) is 4.09. The average molecular weight is 204 g/mol. The maximum atomic E-state index is 10.8. The van der Waals surface area contributed by atoms with E-state index in [-0.39, 0.29) is 11.4 Å². The van der Waals surface area contributed by atoms with E-state index in [1.807, 2.05) is 19.2 Å². The van der Waals surface area contributed by atoms with E-state index >= 15 is 0 Å². The van der Waals surface area contributed by atoms with Crippen LogP contribution in [-0.2, 0) is 10.3 Å². The molecule has 1 saturated carbocycles. The fraction of sp³-hybridized carbons (Fsp3) is 0.417. The molecule has 0 aromatic heterocycles. The number of benzene rings is 1. The summed E-state index contributed by atoms with van der Waals surface area (Å²) in [5.74, 6) is -0.0301. The number of nitrogens with one attached hydrogen (secondary N) is 2. The van der Waals surface area contributed by atoms with Gasteiger partial charge in [0.1, 0.15) is 0 Å². The fourth-order valence-corrected chi connectivity index (χ4v) is 1.88. The fourth-order valence-electron chi connectivity index (χ4n) is 1.88. The highest BCUT2D eigenvalue weighted by atomic mass is 16.1. The van der Waals surface area contributed by atoms with Gasteiger partial charge in [0.2, 0.25) is 5.91 Å². The molecule has 1 fully saturated rings. The van der Waals surface area contributed by atoms with Crippen LogP contribution in [0.2, 0.25) is 0 Å². The minimum atomic E-state index is -0.0301. The van der Waals surface area contributed by atoms with Crippen LogP contribution in [0.1, 0.15) is 25.3 Å². The largest absolute Gasteiger partial charge is 0.326 e. The van der Waals surface area contributed by atoms with Crippen molar-refractivity contribution in [1.82, 2.24) is 5.32 Å². The lowest BCUT2D eigenvalue weighted by atomic mass is 10.0. The average Bonchev–Trinajstić information content (AvgIpc) is 2.99. The molecule has 0 radical (unpaired) electrons. The third-order valence-electron chi connectivity index (χ3n) is 2.99. The van der Waals surface area contributed by atoms with E-state index in [1.165, 1.54) is 25.3 Å². The zero-order chi connectivity index (χ0) is 10.9. The van der Waals surface area contributed by atoms with Gasteiger partial charge in [0.25, 0.3) is 0 Å². The van der Waals surface area contributed by atoms with Gasteiger partial charge < -0.3 is 10.6 Å². The van der Waals surface area contributed by atoms with Gasteiger partial charge >= 0.3 is 0 Å². The molecule has 2 N–H and O–H groups in total. The molecule has 1 aromatic rings. The van der Waals surface area contributed by atoms with E-state index in [0.717, 1.165) is 5.69 Å². The second-order valence-corrected chi connectivity index (χ2v) is 4.09. The van der Waals surface area contributed by atoms with Gasteiger partial charge in [-0.1, -0.05) is 12.1 Å². The van der Waals surface area contributed by atoms with Crippen molar-refractivity contribution in [3.05, 3.63) is 29.8 Å². The van der Waals surface area contributed by atoms with Crippen LogP contribution in [0.4, 0.5) is 5.69 Å². The third-order valence-corrected chi connectivity index (χ3v) is 2.99. The quantitative estimate of drug-likeness (QED) is 0.789. The van der Waals surface area contributed by atoms with Crippen LogP contribution in [0, 0.1) is 0 Å². The topological polar surface area (TPSA) is 41.1 Å². The number of amides is 1. The van der Waals surface area contributed by atoms with Gasteiger partial charge in [-0.25, -0.2) is 0 Å². The molecule has 0 unspecified atom stereocenters. The molecule has 1 aliphatic rings. The summed E-state index contributed by atoms with van der Waals surface area (Å²) >= 11 is 0. The van der Waals surface area contributed by atoms with E-state index in [4.69, 9.17) is 0 Å². The van der Waals surface area contributed by atoms with E-state index in [9.17, 15) is 4.79 Å². The van der Waals surface area contributed by atoms with Crippen molar-refractivity contribution in [2.75, 3.05) is 12.4 Å². The zero-order valence-electron chi connectivity index (χ0n) is 9.13. The number of carbonyl (C=O) groups is 1. The Hall–Kier alpha value is -1.35. The van der Waals surface area contributed by atoms with Crippen molar-refractivity contribution in [2.24, 2.45) is 0 Å². The normalized spacial score (nSPS) is 17.2. The molecular formula is C12H16N2O. The van der Waals surface area contributed by atoms with Gasteiger partial charge in [-0.2, -0.15) is 0 Å². The summed E-state index contributed by atoms with van der Waals surface area (Å²) in [5, 5.41) is 6.10. The van der Waals surface area contributed by atoms with Gasteiger partial charge in [-0.05, 0) is 37.6 Å². The van der Waals surface area contributed by atoms with Crippen molar-refractivity contribution >= 4 is 11.6 Å². The Morgan fingerprint density at radius 3 is 2.27 bits per heavy atom. The first-order valence-corrected chi connectivity index (χ1v) is 5.23. The van der Waals surface area contributed by atoms with Gasteiger partial charge in [-0.15, -0.1) is 0 Å². The number of hydrogen-bond acceptors (Lipinski definition) is 2. The first kappa shape index (κ1) is 10.2. The molecule has 80 valence electrons. The molecule has 1 amide bonds. The SMILES string of the molecule is CNC1(c2ccc(NC(C)=O)cc2)CC1. The van der Waals surface area contributed by atoms with E-state index in [0.29, 0.717) is 0 Å². The maximum Gasteiger partial charge on any atom is 0.221 e. The van der Waals surface area contributed by atoms with Crippen molar-refractivity contribution < 1.29 is 4.79 Å². The molecule has 3 heteroatoms. The first-order valence-electron chi connectivity index (χ1n) is 5.23. The van der Waals surface area contributed by atoms with Crippen molar-refractivity contribution in [3.8, 4) is 0 Å². The molecule has 2 rings (SSSR count). The van der Waals surface area contributed by atoms with Gasteiger partial charge in [-0.3, -0.25) is 4.79 Å². The molecular weight excluding hydrogens is 188 g/mol. The summed E-state index contributed by atoms with van der Waals surface area (Å²) in [4.78, 5) is 10.8. The molecule has 1 aliphatic carbocycles. The zero-order valence-corrected chi connectivity index (χ0v) is 9.13. The molecule has 0 bridgehead atoms. The highest BCUT2D eigenvalue weighted by molar-refractivity contribution is 5.88. The van der Waals surface area contributed by atoms with Crippen LogP contribution in [-0.4, -0.2) is 13.0 Å². The Morgan fingerprint density at radius 1 is 1.27 bits per heavy atom. The highest BCUT2D eigenvalue weighted by Crippen LogP contribution is 2.45. The predicted molar refractivity (Wildman–Crippen MR) is 60.7 cm³/mol. The number of carbonyl (C=O) groups excluding carboxylic acids is 1. The first-order chi connectivity index (χ1) is 7.16. The molecule has 1 aromatic carbocycles. The lowest BCUT2D eigenvalue weighted by Crippen LogP contribution is -2.24. The summed E-state index contributed by atoms with van der Waals surface area (Å²) in [6.45, 7) is 1.52. The van der Waals surface area contributed by atoms with E-state index in [1.54, 1.807) is 0 Å². The highest BCUT2D eigenvalue weighted by Gasteiger charge is 2.42. The van der Waals surface area contributed by atoms with Crippen molar-refractivity contribution in [3.63, 3.8) is 0 Å². The molecule has 0 saturated heterocycles. The molecule has 0 spiro atoms. The van der Waals surface area contributed by atoms with Gasteiger partial charge in [0, 0.05) is 18.2 Å². The maximum absolute atomic E-state index is 10.8. The molecule has 3 nitrogen and oxygen atoms in total. The standard InChI is InChI=1S/C12H16N2O/c1-9(15)14-11-5-3-10(4-6-11)12(13-2)7-8-12/h3-6,13H,7-8H2,1-2H3,(H,14,15). The molecule has 15 heavy (non-hydrogen) atoms. The number of hydrogen-bond donors (Lipinski definition) is 2. The second kappa shape index (κ2) is 3.66.